The average Bonchev–Trinajstić information content (AvgIpc) is 2.82. The maximum absolute atomic E-state index is 11.5. The van der Waals surface area contributed by atoms with Crippen LogP contribution in [0.4, 0.5) is 0 Å². The molecule has 1 heterocycles. The minimum atomic E-state index is -0.416. The van der Waals surface area contributed by atoms with Gasteiger partial charge in [-0.3, -0.25) is 0 Å². The van der Waals surface area contributed by atoms with Crippen molar-refractivity contribution in [1.29, 1.82) is 0 Å². The lowest BCUT2D eigenvalue weighted by atomic mass is 10.2. The molecule has 1 aromatic rings. The maximum atomic E-state index is 11.5. The van der Waals surface area contributed by atoms with Gasteiger partial charge in [0, 0.05) is 6.54 Å². The zero-order chi connectivity index (χ0) is 13.5. The van der Waals surface area contributed by atoms with E-state index in [0.717, 1.165) is 38.3 Å². The van der Waals surface area contributed by atoms with Gasteiger partial charge in [0.2, 0.25) is 0 Å². The number of ether oxygens (including phenoxy) is 1. The van der Waals surface area contributed by atoms with Crippen molar-refractivity contribution in [3.63, 3.8) is 0 Å². The SMILES string of the molecule is CCc1c(C(=O)OC)nnn1CCN(CC)CC. The van der Waals surface area contributed by atoms with E-state index in [2.05, 4.69) is 29.1 Å². The standard InChI is InChI=1S/C12H22N4O2/c1-5-10-11(12(17)18-4)13-14-16(10)9-8-15(6-2)7-3/h5-9H2,1-4H3. The first-order valence-electron chi connectivity index (χ1n) is 6.40. The third-order valence-corrected chi connectivity index (χ3v) is 3.07. The third-order valence-electron chi connectivity index (χ3n) is 3.07. The number of rotatable bonds is 7. The zero-order valence-electron chi connectivity index (χ0n) is 11.6. The second-order valence-corrected chi connectivity index (χ2v) is 3.98. The van der Waals surface area contributed by atoms with Gasteiger partial charge >= 0.3 is 5.97 Å². The Morgan fingerprint density at radius 3 is 2.50 bits per heavy atom. The Balaban J connectivity index is 2.77. The summed E-state index contributed by atoms with van der Waals surface area (Å²) in [7, 11) is 1.36. The fourth-order valence-electron chi connectivity index (χ4n) is 1.89. The van der Waals surface area contributed by atoms with Gasteiger partial charge in [-0.15, -0.1) is 5.10 Å². The van der Waals surface area contributed by atoms with Crippen LogP contribution in [0.15, 0.2) is 0 Å². The second kappa shape index (κ2) is 7.10. The Labute approximate surface area is 108 Å². The molecule has 0 spiro atoms. The van der Waals surface area contributed by atoms with Crippen LogP contribution in [0, 0.1) is 0 Å². The molecule has 0 N–H and O–H groups in total. The molecule has 6 heteroatoms. The van der Waals surface area contributed by atoms with Crippen LogP contribution >= 0.6 is 0 Å². The van der Waals surface area contributed by atoms with Crippen molar-refractivity contribution < 1.29 is 9.53 Å². The number of nitrogens with zero attached hydrogens (tertiary/aromatic N) is 4. The summed E-state index contributed by atoms with van der Waals surface area (Å²) in [6.07, 6.45) is 0.718. The first-order chi connectivity index (χ1) is 8.67. The lowest BCUT2D eigenvalue weighted by Crippen LogP contribution is -2.28. The zero-order valence-corrected chi connectivity index (χ0v) is 11.6. The number of carbonyl (C=O) groups excluding carboxylic acids is 1. The van der Waals surface area contributed by atoms with Gasteiger partial charge in [0.1, 0.15) is 0 Å². The van der Waals surface area contributed by atoms with Crippen molar-refractivity contribution >= 4 is 5.97 Å². The van der Waals surface area contributed by atoms with E-state index in [1.165, 1.54) is 7.11 Å². The quantitative estimate of drug-likeness (QED) is 0.678. The summed E-state index contributed by atoms with van der Waals surface area (Å²) in [5, 5.41) is 7.94. The maximum Gasteiger partial charge on any atom is 0.360 e. The molecule has 18 heavy (non-hydrogen) atoms. The Morgan fingerprint density at radius 1 is 1.33 bits per heavy atom. The van der Waals surface area contributed by atoms with Crippen LogP contribution in [0.1, 0.15) is 37.0 Å². The van der Waals surface area contributed by atoms with Gasteiger partial charge in [0.25, 0.3) is 0 Å². The minimum Gasteiger partial charge on any atom is -0.464 e. The molecule has 0 aliphatic carbocycles. The molecule has 102 valence electrons. The molecule has 0 radical (unpaired) electrons. The molecule has 0 fully saturated rings. The summed E-state index contributed by atoms with van der Waals surface area (Å²) in [6, 6.07) is 0. The molecular formula is C12H22N4O2. The van der Waals surface area contributed by atoms with Gasteiger partial charge in [-0.25, -0.2) is 9.48 Å². The normalized spacial score (nSPS) is 10.9. The molecular weight excluding hydrogens is 232 g/mol. The third kappa shape index (κ3) is 3.29. The Bertz CT molecular complexity index is 385. The molecule has 0 atom stereocenters. The van der Waals surface area contributed by atoms with Crippen LogP contribution in [0.25, 0.3) is 0 Å². The van der Waals surface area contributed by atoms with E-state index >= 15 is 0 Å². The summed E-state index contributed by atoms with van der Waals surface area (Å²) in [5.74, 6) is -0.416. The second-order valence-electron chi connectivity index (χ2n) is 3.98. The van der Waals surface area contributed by atoms with Crippen LogP contribution in [0.2, 0.25) is 0 Å². The summed E-state index contributed by atoms with van der Waals surface area (Å²) < 4.78 is 6.49. The number of esters is 1. The van der Waals surface area contributed by atoms with E-state index in [9.17, 15) is 4.79 Å². The molecule has 0 unspecified atom stereocenters. The number of aromatic nitrogens is 3. The van der Waals surface area contributed by atoms with Gasteiger partial charge in [0.15, 0.2) is 5.69 Å². The summed E-state index contributed by atoms with van der Waals surface area (Å²) in [5.41, 5.74) is 1.17. The van der Waals surface area contributed by atoms with E-state index in [1.807, 2.05) is 6.92 Å². The average molecular weight is 254 g/mol. The number of carbonyl (C=O) groups is 1. The number of hydrogen-bond donors (Lipinski definition) is 0. The molecule has 1 rings (SSSR count). The molecule has 0 aliphatic rings. The molecule has 0 saturated carbocycles. The van der Waals surface area contributed by atoms with E-state index < -0.39 is 5.97 Å². The van der Waals surface area contributed by atoms with Gasteiger partial charge in [-0.05, 0) is 19.5 Å². The highest BCUT2D eigenvalue weighted by molar-refractivity contribution is 5.88. The largest absolute Gasteiger partial charge is 0.464 e. The Kier molecular flexibility index (Phi) is 5.77. The Morgan fingerprint density at radius 2 is 2.00 bits per heavy atom. The molecule has 0 saturated heterocycles. The van der Waals surface area contributed by atoms with Gasteiger partial charge in [-0.2, -0.15) is 0 Å². The first-order valence-corrected chi connectivity index (χ1v) is 6.40. The van der Waals surface area contributed by atoms with Crippen LogP contribution < -0.4 is 0 Å². The van der Waals surface area contributed by atoms with E-state index in [1.54, 1.807) is 4.68 Å². The van der Waals surface area contributed by atoms with Crippen molar-refractivity contribution in [1.82, 2.24) is 19.9 Å². The van der Waals surface area contributed by atoms with Crippen LogP contribution in [-0.2, 0) is 17.7 Å². The lowest BCUT2D eigenvalue weighted by Gasteiger charge is -2.18. The van der Waals surface area contributed by atoms with Crippen molar-refractivity contribution in [2.45, 2.75) is 33.7 Å². The lowest BCUT2D eigenvalue weighted by molar-refractivity contribution is 0.0592. The molecule has 6 nitrogen and oxygen atoms in total. The highest BCUT2D eigenvalue weighted by atomic mass is 16.5. The van der Waals surface area contributed by atoms with E-state index in [-0.39, 0.29) is 0 Å². The van der Waals surface area contributed by atoms with Crippen molar-refractivity contribution in [3.8, 4) is 0 Å². The van der Waals surface area contributed by atoms with Crippen LogP contribution in [0.3, 0.4) is 0 Å². The van der Waals surface area contributed by atoms with Gasteiger partial charge in [0.05, 0.1) is 19.3 Å². The van der Waals surface area contributed by atoms with Crippen molar-refractivity contribution in [2.24, 2.45) is 0 Å². The predicted molar refractivity (Wildman–Crippen MR) is 68.5 cm³/mol. The molecule has 0 aliphatic heterocycles. The predicted octanol–water partition coefficient (Wildman–Crippen LogP) is 0.969. The number of likely N-dealkylation sites (N-methyl/N-ethyl adjacent to an activating group) is 1. The first kappa shape index (κ1) is 14.6. The fourth-order valence-corrected chi connectivity index (χ4v) is 1.89. The highest BCUT2D eigenvalue weighted by Crippen LogP contribution is 2.08. The minimum absolute atomic E-state index is 0.333. The van der Waals surface area contributed by atoms with E-state index in [4.69, 9.17) is 4.74 Å². The molecule has 0 amide bonds. The highest BCUT2D eigenvalue weighted by Gasteiger charge is 2.18. The van der Waals surface area contributed by atoms with Gasteiger partial charge < -0.3 is 9.64 Å². The fraction of sp³-hybridized carbons (Fsp3) is 0.750. The summed E-state index contributed by atoms with van der Waals surface area (Å²) >= 11 is 0. The summed E-state index contributed by atoms with van der Waals surface area (Å²) in [4.78, 5) is 13.8. The van der Waals surface area contributed by atoms with Crippen LogP contribution in [-0.4, -0.2) is 52.6 Å². The van der Waals surface area contributed by atoms with Crippen LogP contribution in [0.5, 0.6) is 0 Å². The molecule has 1 aromatic heterocycles. The topological polar surface area (TPSA) is 60.2 Å². The number of methoxy groups -OCH3 is 1. The smallest absolute Gasteiger partial charge is 0.360 e. The van der Waals surface area contributed by atoms with Gasteiger partial charge in [-0.1, -0.05) is 26.0 Å². The van der Waals surface area contributed by atoms with Crippen molar-refractivity contribution in [3.05, 3.63) is 11.4 Å². The number of hydrogen-bond acceptors (Lipinski definition) is 5. The monoisotopic (exact) mass is 254 g/mol. The summed E-state index contributed by atoms with van der Waals surface area (Å²) in [6.45, 7) is 9.92. The molecule has 0 bridgehead atoms. The Hall–Kier alpha value is -1.43. The van der Waals surface area contributed by atoms with Crippen molar-refractivity contribution in [2.75, 3.05) is 26.7 Å². The molecule has 0 aromatic carbocycles. The van der Waals surface area contributed by atoms with E-state index in [0.29, 0.717) is 5.69 Å².